The number of methoxy groups -OCH3 is 1. The van der Waals surface area contributed by atoms with Crippen LogP contribution in [0.1, 0.15) is 21.5 Å². The van der Waals surface area contributed by atoms with Gasteiger partial charge >= 0.3 is 0 Å². The number of benzene rings is 2. The molecule has 0 unspecified atom stereocenters. The Balaban J connectivity index is 2.47. The molecule has 0 N–H and O–H groups in total. The highest BCUT2D eigenvalue weighted by Crippen LogP contribution is 2.24. The van der Waals surface area contributed by atoms with Gasteiger partial charge in [-0.1, -0.05) is 28.1 Å². The van der Waals surface area contributed by atoms with Crippen molar-refractivity contribution >= 4 is 21.7 Å². The third-order valence-electron chi connectivity index (χ3n) is 2.93. The van der Waals surface area contributed by atoms with Gasteiger partial charge in [-0.05, 0) is 30.7 Å². The van der Waals surface area contributed by atoms with Crippen molar-refractivity contribution in [3.63, 3.8) is 0 Å². The molecule has 0 aliphatic carbocycles. The number of ketones is 1. The third kappa shape index (κ3) is 2.68. The Hall–Kier alpha value is -1.68. The number of halogens is 2. The quantitative estimate of drug-likeness (QED) is 0.794. The summed E-state index contributed by atoms with van der Waals surface area (Å²) in [6, 6.07) is 9.51. The van der Waals surface area contributed by atoms with E-state index in [1.807, 2.05) is 13.0 Å². The minimum Gasteiger partial charge on any atom is -0.497 e. The molecule has 0 aromatic heterocycles. The molecule has 2 rings (SSSR count). The van der Waals surface area contributed by atoms with Gasteiger partial charge in [0.2, 0.25) is 0 Å². The summed E-state index contributed by atoms with van der Waals surface area (Å²) in [7, 11) is 1.45. The second-order valence-electron chi connectivity index (χ2n) is 4.09. The Morgan fingerprint density at radius 2 is 1.95 bits per heavy atom. The van der Waals surface area contributed by atoms with Crippen LogP contribution in [0.2, 0.25) is 0 Å². The molecule has 19 heavy (non-hydrogen) atoms. The van der Waals surface area contributed by atoms with Gasteiger partial charge in [0.25, 0.3) is 0 Å². The summed E-state index contributed by atoms with van der Waals surface area (Å²) in [4.78, 5) is 12.3. The monoisotopic (exact) mass is 322 g/mol. The van der Waals surface area contributed by atoms with E-state index in [0.29, 0.717) is 11.3 Å². The first-order valence-corrected chi connectivity index (χ1v) is 6.47. The molecule has 0 bridgehead atoms. The van der Waals surface area contributed by atoms with Crippen LogP contribution in [0, 0.1) is 12.7 Å². The van der Waals surface area contributed by atoms with E-state index in [-0.39, 0.29) is 11.3 Å². The molecule has 0 amide bonds. The van der Waals surface area contributed by atoms with E-state index in [4.69, 9.17) is 4.74 Å². The van der Waals surface area contributed by atoms with Crippen LogP contribution >= 0.6 is 15.9 Å². The Labute approximate surface area is 119 Å². The highest BCUT2D eigenvalue weighted by atomic mass is 79.9. The van der Waals surface area contributed by atoms with E-state index >= 15 is 0 Å². The standard InChI is InChI=1S/C15H12BrFO2/c1-9-11(4-3-5-13(9)16)15(18)12-7-6-10(19-2)8-14(12)17/h3-8H,1-2H3. The second kappa shape index (κ2) is 5.53. The van der Waals surface area contributed by atoms with Crippen molar-refractivity contribution in [1.82, 2.24) is 0 Å². The first-order chi connectivity index (χ1) is 9.04. The molecular formula is C15H12BrFO2. The summed E-state index contributed by atoms with van der Waals surface area (Å²) in [5, 5.41) is 0. The van der Waals surface area contributed by atoms with Gasteiger partial charge in [0, 0.05) is 16.1 Å². The number of hydrogen-bond acceptors (Lipinski definition) is 2. The molecule has 0 saturated heterocycles. The van der Waals surface area contributed by atoms with Crippen LogP contribution in [0.3, 0.4) is 0 Å². The molecule has 2 aromatic rings. The predicted octanol–water partition coefficient (Wildman–Crippen LogP) is 4.14. The third-order valence-corrected chi connectivity index (χ3v) is 3.79. The lowest BCUT2D eigenvalue weighted by Gasteiger charge is -2.08. The fraction of sp³-hybridized carbons (Fsp3) is 0.133. The topological polar surface area (TPSA) is 26.3 Å². The Morgan fingerprint density at radius 3 is 2.58 bits per heavy atom. The van der Waals surface area contributed by atoms with Crippen LogP contribution in [-0.2, 0) is 0 Å². The molecule has 0 spiro atoms. The summed E-state index contributed by atoms with van der Waals surface area (Å²) in [6.45, 7) is 1.82. The van der Waals surface area contributed by atoms with E-state index < -0.39 is 5.82 Å². The summed E-state index contributed by atoms with van der Waals surface area (Å²) >= 11 is 3.36. The fourth-order valence-corrected chi connectivity index (χ4v) is 2.17. The molecule has 4 heteroatoms. The van der Waals surface area contributed by atoms with Gasteiger partial charge in [-0.15, -0.1) is 0 Å². The largest absolute Gasteiger partial charge is 0.497 e. The van der Waals surface area contributed by atoms with Gasteiger partial charge in [0.05, 0.1) is 12.7 Å². The number of carbonyl (C=O) groups is 1. The first kappa shape index (κ1) is 13.7. The van der Waals surface area contributed by atoms with Gasteiger partial charge in [-0.3, -0.25) is 4.79 Å². The van der Waals surface area contributed by atoms with Crippen molar-refractivity contribution in [3.05, 3.63) is 63.4 Å². The summed E-state index contributed by atoms with van der Waals surface area (Å²) < 4.78 is 19.6. The molecule has 0 fully saturated rings. The van der Waals surface area contributed by atoms with Crippen molar-refractivity contribution in [2.75, 3.05) is 7.11 Å². The lowest BCUT2D eigenvalue weighted by Crippen LogP contribution is -2.06. The molecule has 0 aliphatic rings. The van der Waals surface area contributed by atoms with Crippen molar-refractivity contribution in [2.24, 2.45) is 0 Å². The van der Waals surface area contributed by atoms with Crippen LogP contribution in [0.4, 0.5) is 4.39 Å². The zero-order valence-electron chi connectivity index (χ0n) is 10.5. The molecule has 0 saturated carbocycles. The maximum Gasteiger partial charge on any atom is 0.196 e. The molecule has 2 aromatic carbocycles. The van der Waals surface area contributed by atoms with Crippen LogP contribution in [0.5, 0.6) is 5.75 Å². The molecule has 0 heterocycles. The van der Waals surface area contributed by atoms with Crippen LogP contribution in [0.25, 0.3) is 0 Å². The van der Waals surface area contributed by atoms with Crippen molar-refractivity contribution < 1.29 is 13.9 Å². The number of ether oxygens (including phenoxy) is 1. The zero-order chi connectivity index (χ0) is 14.0. The molecular weight excluding hydrogens is 311 g/mol. The Kier molecular flexibility index (Phi) is 4.00. The van der Waals surface area contributed by atoms with Gasteiger partial charge in [0.15, 0.2) is 5.78 Å². The molecule has 98 valence electrons. The highest BCUT2D eigenvalue weighted by molar-refractivity contribution is 9.10. The Bertz CT molecular complexity index is 638. The van der Waals surface area contributed by atoms with Gasteiger partial charge in [-0.25, -0.2) is 4.39 Å². The maximum atomic E-state index is 13.9. The molecule has 0 aliphatic heterocycles. The number of carbonyl (C=O) groups excluding carboxylic acids is 1. The van der Waals surface area contributed by atoms with Crippen LogP contribution < -0.4 is 4.74 Å². The van der Waals surface area contributed by atoms with Crippen LogP contribution in [0.15, 0.2) is 40.9 Å². The molecule has 0 atom stereocenters. The summed E-state index contributed by atoms with van der Waals surface area (Å²) in [6.07, 6.45) is 0. The first-order valence-electron chi connectivity index (χ1n) is 5.68. The average Bonchev–Trinajstić information content (AvgIpc) is 2.41. The highest BCUT2D eigenvalue weighted by Gasteiger charge is 2.17. The fourth-order valence-electron chi connectivity index (χ4n) is 1.81. The smallest absolute Gasteiger partial charge is 0.196 e. The second-order valence-corrected chi connectivity index (χ2v) is 4.94. The lowest BCUT2D eigenvalue weighted by atomic mass is 9.99. The van der Waals surface area contributed by atoms with Crippen molar-refractivity contribution in [3.8, 4) is 5.75 Å². The van der Waals surface area contributed by atoms with Crippen molar-refractivity contribution in [1.29, 1.82) is 0 Å². The maximum absolute atomic E-state index is 13.9. The average molecular weight is 323 g/mol. The SMILES string of the molecule is COc1ccc(C(=O)c2cccc(Br)c2C)c(F)c1. The van der Waals surface area contributed by atoms with E-state index in [1.165, 1.54) is 19.2 Å². The van der Waals surface area contributed by atoms with Gasteiger partial charge in [-0.2, -0.15) is 0 Å². The van der Waals surface area contributed by atoms with Crippen molar-refractivity contribution in [2.45, 2.75) is 6.92 Å². The molecule has 0 radical (unpaired) electrons. The normalized spacial score (nSPS) is 10.3. The number of hydrogen-bond donors (Lipinski definition) is 0. The van der Waals surface area contributed by atoms with E-state index in [0.717, 1.165) is 10.0 Å². The summed E-state index contributed by atoms with van der Waals surface area (Å²) in [5.41, 5.74) is 1.32. The zero-order valence-corrected chi connectivity index (χ0v) is 12.1. The van der Waals surface area contributed by atoms with E-state index in [1.54, 1.807) is 18.2 Å². The van der Waals surface area contributed by atoms with E-state index in [9.17, 15) is 9.18 Å². The summed E-state index contributed by atoms with van der Waals surface area (Å²) in [5.74, 6) is -0.525. The van der Waals surface area contributed by atoms with Crippen LogP contribution in [-0.4, -0.2) is 12.9 Å². The van der Waals surface area contributed by atoms with Gasteiger partial charge < -0.3 is 4.74 Å². The van der Waals surface area contributed by atoms with Gasteiger partial charge in [0.1, 0.15) is 11.6 Å². The minimum absolute atomic E-state index is 0.0435. The van der Waals surface area contributed by atoms with E-state index in [2.05, 4.69) is 15.9 Å². The Morgan fingerprint density at radius 1 is 1.21 bits per heavy atom. The predicted molar refractivity (Wildman–Crippen MR) is 75.3 cm³/mol. The molecule has 2 nitrogen and oxygen atoms in total. The minimum atomic E-state index is -0.580. The number of rotatable bonds is 3. The lowest BCUT2D eigenvalue weighted by molar-refractivity contribution is 0.103.